The van der Waals surface area contributed by atoms with Gasteiger partial charge in [-0.2, -0.15) is 10.4 Å². The summed E-state index contributed by atoms with van der Waals surface area (Å²) in [5.74, 6) is 0. The molecule has 18 heavy (non-hydrogen) atoms. The summed E-state index contributed by atoms with van der Waals surface area (Å²) in [5, 5.41) is 2.99. The molecule has 0 atom stereocenters. The molecule has 0 bridgehead atoms. The topological polar surface area (TPSA) is 0 Å². The van der Waals surface area contributed by atoms with E-state index in [1.807, 2.05) is 0 Å². The first kappa shape index (κ1) is 12.8. The summed E-state index contributed by atoms with van der Waals surface area (Å²) in [5.41, 5.74) is 1.48. The van der Waals surface area contributed by atoms with Crippen LogP contribution in [-0.2, 0) is 0 Å². The lowest BCUT2D eigenvalue weighted by Crippen LogP contribution is -2.41. The summed E-state index contributed by atoms with van der Waals surface area (Å²) >= 11 is 0. The third-order valence-corrected chi connectivity index (χ3v) is 6.16. The van der Waals surface area contributed by atoms with Gasteiger partial charge in [0, 0.05) is 0 Å². The Hall–Kier alpha value is -1.60. The molecule has 0 radical (unpaired) electrons. The number of allylic oxidation sites excluding steroid dienone is 2. The first-order chi connectivity index (χ1) is 8.81. The molecule has 92 valence electrons. The molecule has 0 saturated carbocycles. The lowest BCUT2D eigenvalue weighted by molar-refractivity contribution is 1.34. The highest BCUT2D eigenvalue weighted by Gasteiger charge is 1.99. The Balaban J connectivity index is 2.35. The van der Waals surface area contributed by atoms with E-state index in [1.165, 1.54) is 22.0 Å². The molecule has 0 N–H and O–H groups in total. The van der Waals surface area contributed by atoms with Crippen LogP contribution in [0, 0.1) is 0 Å². The first-order valence-electron chi connectivity index (χ1n) is 6.39. The van der Waals surface area contributed by atoms with Crippen molar-refractivity contribution in [1.29, 1.82) is 0 Å². The Morgan fingerprint density at radius 3 is 1.72 bits per heavy atom. The van der Waals surface area contributed by atoms with Crippen molar-refractivity contribution in [2.75, 3.05) is 0 Å². The van der Waals surface area contributed by atoms with Gasteiger partial charge in [0.05, 0.1) is 0 Å². The summed E-state index contributed by atoms with van der Waals surface area (Å²) in [6.45, 7) is 4.36. The maximum atomic E-state index is 2.27. The van der Waals surface area contributed by atoms with Gasteiger partial charge in [-0.3, -0.25) is 0 Å². The van der Waals surface area contributed by atoms with Crippen LogP contribution in [0.3, 0.4) is 0 Å². The van der Waals surface area contributed by atoms with Crippen molar-refractivity contribution < 1.29 is 0 Å². The average Bonchev–Trinajstić information content (AvgIpc) is 2.46. The second-order valence-corrected chi connectivity index (χ2v) is 6.99. The van der Waals surface area contributed by atoms with Crippen molar-refractivity contribution in [2.24, 2.45) is 0 Å². The molecule has 2 aromatic carbocycles. The van der Waals surface area contributed by atoms with Gasteiger partial charge in [0.2, 0.25) is 0 Å². The van der Waals surface area contributed by atoms with Crippen LogP contribution in [0.1, 0.15) is 13.8 Å². The fourth-order valence-electron chi connectivity index (χ4n) is 2.03. The molecule has 0 amide bonds. The average molecular weight is 251 g/mol. The lowest BCUT2D eigenvalue weighted by atomic mass is 10.3. The fraction of sp³-hybridized carbons (Fsp3) is 0.176. The van der Waals surface area contributed by atoms with Crippen molar-refractivity contribution in [3.8, 4) is 0 Å². The molecule has 0 aromatic heterocycles. The molecule has 0 heterocycles. The smallest absolute Gasteiger partial charge is 0.0467 e. The minimum absolute atomic E-state index is 0.679. The Labute approximate surface area is 112 Å². The zero-order chi connectivity index (χ0) is 12.8. The van der Waals surface area contributed by atoms with E-state index >= 15 is 0 Å². The van der Waals surface area contributed by atoms with E-state index in [9.17, 15) is 0 Å². The monoisotopic (exact) mass is 251 g/mol. The van der Waals surface area contributed by atoms with Crippen molar-refractivity contribution in [1.82, 2.24) is 0 Å². The summed E-state index contributed by atoms with van der Waals surface area (Å²) in [4.78, 5) is 0. The van der Waals surface area contributed by atoms with E-state index in [2.05, 4.69) is 80.6 Å². The number of rotatable bonds is 4. The van der Waals surface area contributed by atoms with Crippen molar-refractivity contribution >= 4 is 19.2 Å². The fourth-order valence-corrected chi connectivity index (χ4v) is 4.72. The number of benzene rings is 2. The van der Waals surface area contributed by atoms with Gasteiger partial charge < -0.3 is 0 Å². The quantitative estimate of drug-likeness (QED) is 0.578. The second kappa shape index (κ2) is 6.36. The van der Waals surface area contributed by atoms with Crippen LogP contribution in [0.2, 0.25) is 6.04 Å². The van der Waals surface area contributed by atoms with Gasteiger partial charge in [0.25, 0.3) is 0 Å². The van der Waals surface area contributed by atoms with E-state index in [4.69, 9.17) is 0 Å². The van der Waals surface area contributed by atoms with E-state index in [1.54, 1.807) is 0 Å². The molecule has 2 aromatic rings. The molecule has 0 aliphatic carbocycles. The summed E-state index contributed by atoms with van der Waals surface area (Å²) < 4.78 is 0. The van der Waals surface area contributed by atoms with Gasteiger partial charge in [-0.05, 0) is 13.8 Å². The van der Waals surface area contributed by atoms with Gasteiger partial charge in [0.15, 0.2) is 0 Å². The lowest BCUT2D eigenvalue weighted by Gasteiger charge is -2.33. The normalized spacial score (nSPS) is 11.3. The van der Waals surface area contributed by atoms with Crippen molar-refractivity contribution in [3.63, 3.8) is 0 Å². The van der Waals surface area contributed by atoms with Gasteiger partial charge in [0.1, 0.15) is 0 Å². The molecule has 0 aliphatic rings. The summed E-state index contributed by atoms with van der Waals surface area (Å²) in [6.07, 6.45) is 2.23. The van der Waals surface area contributed by atoms with E-state index < -0.39 is 8.80 Å². The SMILES string of the molecule is C/C=C(\C)C[Si-](c1ccccc1)c1ccccc1. The van der Waals surface area contributed by atoms with Crippen LogP contribution >= 0.6 is 0 Å². The predicted octanol–water partition coefficient (Wildman–Crippen LogP) is 3.26. The Bertz CT molecular complexity index is 460. The van der Waals surface area contributed by atoms with Gasteiger partial charge >= 0.3 is 0 Å². The summed E-state index contributed by atoms with van der Waals surface area (Å²) in [6, 6.07) is 23.0. The van der Waals surface area contributed by atoms with Gasteiger partial charge in [-0.15, -0.1) is 11.6 Å². The molecule has 0 unspecified atom stereocenters. The highest BCUT2D eigenvalue weighted by molar-refractivity contribution is 6.85. The van der Waals surface area contributed by atoms with Crippen molar-refractivity contribution in [3.05, 3.63) is 72.3 Å². The third kappa shape index (κ3) is 3.20. The number of hydrogen-bond acceptors (Lipinski definition) is 0. The zero-order valence-corrected chi connectivity index (χ0v) is 12.1. The van der Waals surface area contributed by atoms with E-state index in [0.29, 0.717) is 0 Å². The molecule has 0 aliphatic heterocycles. The van der Waals surface area contributed by atoms with Crippen LogP contribution in [0.15, 0.2) is 72.3 Å². The molecule has 1 heteroatoms. The van der Waals surface area contributed by atoms with Crippen LogP contribution in [0.5, 0.6) is 0 Å². The molecule has 0 saturated heterocycles. The van der Waals surface area contributed by atoms with Crippen molar-refractivity contribution in [2.45, 2.75) is 19.9 Å². The van der Waals surface area contributed by atoms with Gasteiger partial charge in [-0.1, -0.05) is 66.7 Å². The standard InChI is InChI=1S/C17H19Si/c1-3-15(2)14-18(16-10-6-4-7-11-16)17-12-8-5-9-13-17/h3-13H,14H2,1-2H3/q-1/b15-3+. The summed E-state index contributed by atoms with van der Waals surface area (Å²) in [7, 11) is -0.679. The van der Waals surface area contributed by atoms with E-state index in [0.717, 1.165) is 0 Å². The van der Waals surface area contributed by atoms with Crippen LogP contribution in [0.25, 0.3) is 0 Å². The Kier molecular flexibility index (Phi) is 4.54. The van der Waals surface area contributed by atoms with Crippen LogP contribution < -0.4 is 10.4 Å². The van der Waals surface area contributed by atoms with E-state index in [-0.39, 0.29) is 0 Å². The largest absolute Gasteiger partial charge is 0.247 e. The van der Waals surface area contributed by atoms with Gasteiger partial charge in [-0.25, -0.2) is 8.80 Å². The van der Waals surface area contributed by atoms with Crippen LogP contribution in [-0.4, -0.2) is 8.80 Å². The second-order valence-electron chi connectivity index (χ2n) is 4.52. The highest BCUT2D eigenvalue weighted by atomic mass is 28.3. The highest BCUT2D eigenvalue weighted by Crippen LogP contribution is 2.06. The molecule has 2 rings (SSSR count). The molecule has 0 spiro atoms. The van der Waals surface area contributed by atoms with Crippen LogP contribution in [0.4, 0.5) is 0 Å². The molecular formula is C17H19Si-. The Morgan fingerprint density at radius 2 is 1.33 bits per heavy atom. The maximum Gasteiger partial charge on any atom is -0.0467 e. The predicted molar refractivity (Wildman–Crippen MR) is 82.1 cm³/mol. The zero-order valence-electron chi connectivity index (χ0n) is 11.1. The maximum absolute atomic E-state index is 2.27. The number of hydrogen-bond donors (Lipinski definition) is 0. The molecule has 0 nitrogen and oxygen atoms in total. The Morgan fingerprint density at radius 1 is 0.889 bits per heavy atom. The minimum atomic E-state index is -0.679. The minimum Gasteiger partial charge on any atom is -0.247 e. The molecular weight excluding hydrogens is 232 g/mol. The third-order valence-electron chi connectivity index (χ3n) is 3.19. The molecule has 0 fully saturated rings. The first-order valence-corrected chi connectivity index (χ1v) is 8.10.